The van der Waals surface area contributed by atoms with E-state index < -0.39 is 0 Å². The van der Waals surface area contributed by atoms with E-state index in [0.717, 1.165) is 50.2 Å². The van der Waals surface area contributed by atoms with Gasteiger partial charge < -0.3 is 8.98 Å². The summed E-state index contributed by atoms with van der Waals surface area (Å²) in [7, 11) is 0. The van der Waals surface area contributed by atoms with Crippen LogP contribution in [0.2, 0.25) is 0 Å². The summed E-state index contributed by atoms with van der Waals surface area (Å²) in [5, 5.41) is 5.84. The third kappa shape index (κ3) is 4.51. The molecule has 0 N–H and O–H groups in total. The summed E-state index contributed by atoms with van der Waals surface area (Å²) < 4.78 is 8.95. The molecule has 6 aromatic carbocycles. The number of fused-ring (bicyclic) bond motifs is 7. The summed E-state index contributed by atoms with van der Waals surface area (Å²) in [6.07, 6.45) is 6.59. The van der Waals surface area contributed by atoms with Crippen molar-refractivity contribution in [3.8, 4) is 22.8 Å². The number of aromatic nitrogens is 4. The first-order valence-corrected chi connectivity index (χ1v) is 16.5. The van der Waals surface area contributed by atoms with Crippen LogP contribution in [0.3, 0.4) is 0 Å². The normalized spacial score (nSPS) is 14.4. The zero-order chi connectivity index (χ0) is 32.3. The van der Waals surface area contributed by atoms with E-state index in [1.165, 1.54) is 21.5 Å². The van der Waals surface area contributed by atoms with Crippen LogP contribution in [-0.4, -0.2) is 19.5 Å². The SMILES string of the molecule is C1=CC(c2nc(-c3ccccc3)nc(-c3ccccc3)n2)C(n2c3ccccc3c3cc4ccccc4cc32)=Cc2oc3ccccc3c21. The smallest absolute Gasteiger partial charge is 0.163 e. The predicted octanol–water partition coefficient (Wildman–Crippen LogP) is 11.0. The van der Waals surface area contributed by atoms with Gasteiger partial charge in [-0.15, -0.1) is 0 Å². The maximum atomic E-state index is 6.57. The molecular formula is C44H28N4O. The lowest BCUT2D eigenvalue weighted by molar-refractivity contribution is 0.603. The Morgan fingerprint density at radius 1 is 0.531 bits per heavy atom. The topological polar surface area (TPSA) is 56.7 Å². The molecular weight excluding hydrogens is 601 g/mol. The average Bonchev–Trinajstić information content (AvgIpc) is 3.61. The van der Waals surface area contributed by atoms with Gasteiger partial charge >= 0.3 is 0 Å². The van der Waals surface area contributed by atoms with Gasteiger partial charge in [0.25, 0.3) is 0 Å². The summed E-state index contributed by atoms with van der Waals surface area (Å²) in [5.74, 6) is 2.41. The van der Waals surface area contributed by atoms with Crippen LogP contribution in [0.15, 0.2) is 156 Å². The lowest BCUT2D eigenvalue weighted by Gasteiger charge is -2.20. The largest absolute Gasteiger partial charge is 0.456 e. The number of furan rings is 1. The van der Waals surface area contributed by atoms with Crippen molar-refractivity contribution in [3.63, 3.8) is 0 Å². The van der Waals surface area contributed by atoms with E-state index in [1.54, 1.807) is 0 Å². The van der Waals surface area contributed by atoms with E-state index in [2.05, 4.69) is 95.6 Å². The fraction of sp³-hybridized carbons (Fsp3) is 0.0227. The van der Waals surface area contributed by atoms with Gasteiger partial charge in [0.05, 0.1) is 17.0 Å². The summed E-state index contributed by atoms with van der Waals surface area (Å²) >= 11 is 0. The first-order valence-electron chi connectivity index (χ1n) is 16.5. The molecule has 0 aliphatic heterocycles. The van der Waals surface area contributed by atoms with Crippen LogP contribution < -0.4 is 0 Å². The van der Waals surface area contributed by atoms with Crippen molar-refractivity contribution in [1.82, 2.24) is 19.5 Å². The number of para-hydroxylation sites is 2. The van der Waals surface area contributed by atoms with Gasteiger partial charge in [0.1, 0.15) is 17.2 Å². The van der Waals surface area contributed by atoms with Crippen molar-refractivity contribution in [3.05, 3.63) is 169 Å². The van der Waals surface area contributed by atoms with Gasteiger partial charge in [-0.3, -0.25) is 0 Å². The molecule has 10 rings (SSSR count). The van der Waals surface area contributed by atoms with Crippen LogP contribution in [0.25, 0.3) is 84.2 Å². The number of hydrogen-bond acceptors (Lipinski definition) is 4. The van der Waals surface area contributed by atoms with Crippen molar-refractivity contribution in [2.45, 2.75) is 5.92 Å². The van der Waals surface area contributed by atoms with Gasteiger partial charge in [0.15, 0.2) is 11.6 Å². The maximum absolute atomic E-state index is 6.57. The molecule has 5 heteroatoms. The Morgan fingerprint density at radius 3 is 1.88 bits per heavy atom. The number of allylic oxidation sites excluding steroid dienone is 2. The predicted molar refractivity (Wildman–Crippen MR) is 200 cm³/mol. The van der Waals surface area contributed by atoms with Crippen LogP contribution >= 0.6 is 0 Å². The molecule has 0 fully saturated rings. The molecule has 1 atom stereocenters. The zero-order valence-electron chi connectivity index (χ0n) is 26.4. The van der Waals surface area contributed by atoms with Gasteiger partial charge in [-0.25, -0.2) is 15.0 Å². The monoisotopic (exact) mass is 628 g/mol. The first-order chi connectivity index (χ1) is 24.3. The molecule has 0 saturated carbocycles. The molecule has 230 valence electrons. The first kappa shape index (κ1) is 27.5. The molecule has 3 heterocycles. The highest BCUT2D eigenvalue weighted by molar-refractivity contribution is 6.15. The molecule has 1 unspecified atom stereocenters. The minimum atomic E-state index is -0.334. The third-order valence-electron chi connectivity index (χ3n) is 9.51. The Kier molecular flexibility index (Phi) is 6.18. The van der Waals surface area contributed by atoms with E-state index in [1.807, 2.05) is 72.8 Å². The highest BCUT2D eigenvalue weighted by Crippen LogP contribution is 2.43. The fourth-order valence-electron chi connectivity index (χ4n) is 7.20. The van der Waals surface area contributed by atoms with E-state index in [4.69, 9.17) is 19.4 Å². The summed E-state index contributed by atoms with van der Waals surface area (Å²) in [6.45, 7) is 0. The lowest BCUT2D eigenvalue weighted by atomic mass is 10.0. The molecule has 9 aromatic rings. The van der Waals surface area contributed by atoms with Gasteiger partial charge in [-0.1, -0.05) is 133 Å². The Hall–Kier alpha value is -6.59. The van der Waals surface area contributed by atoms with Crippen LogP contribution in [0.1, 0.15) is 23.1 Å². The molecule has 0 amide bonds. The van der Waals surface area contributed by atoms with E-state index in [9.17, 15) is 0 Å². The second kappa shape index (κ2) is 11.0. The van der Waals surface area contributed by atoms with Crippen LogP contribution in [0.5, 0.6) is 0 Å². The van der Waals surface area contributed by atoms with Crippen LogP contribution in [0.4, 0.5) is 0 Å². The summed E-state index contributed by atoms with van der Waals surface area (Å²) in [5.41, 5.74) is 7.00. The second-order valence-corrected chi connectivity index (χ2v) is 12.4. The quantitative estimate of drug-likeness (QED) is 0.195. The minimum Gasteiger partial charge on any atom is -0.456 e. The Balaban J connectivity index is 1.29. The number of hydrogen-bond donors (Lipinski definition) is 0. The molecule has 5 nitrogen and oxygen atoms in total. The molecule has 1 aliphatic carbocycles. The van der Waals surface area contributed by atoms with Gasteiger partial charge in [0.2, 0.25) is 0 Å². The molecule has 0 spiro atoms. The standard InChI is InChI=1S/C44H28N4O/c1-3-13-28(14-4-1)42-45-43(29-15-5-2-6-16-29)47-44(46-42)35-24-23-34-33-20-10-12-22-40(33)49-41(34)27-39(35)48-37-21-11-9-19-32(37)36-25-30-17-7-8-18-31(30)26-38(36)48/h1-27,35H. The van der Waals surface area contributed by atoms with Crippen LogP contribution in [0, 0.1) is 0 Å². The van der Waals surface area contributed by atoms with Crippen molar-refractivity contribution < 1.29 is 4.42 Å². The highest BCUT2D eigenvalue weighted by Gasteiger charge is 2.28. The fourth-order valence-corrected chi connectivity index (χ4v) is 7.20. The molecule has 1 aliphatic rings. The Bertz CT molecular complexity index is 2710. The summed E-state index contributed by atoms with van der Waals surface area (Å²) in [4.78, 5) is 15.4. The Labute approximate surface area is 282 Å². The van der Waals surface area contributed by atoms with Crippen molar-refractivity contribution in [2.24, 2.45) is 0 Å². The van der Waals surface area contributed by atoms with Crippen molar-refractivity contribution in [1.29, 1.82) is 0 Å². The number of benzene rings is 6. The van der Waals surface area contributed by atoms with Crippen LogP contribution in [-0.2, 0) is 0 Å². The number of rotatable bonds is 4. The third-order valence-corrected chi connectivity index (χ3v) is 9.51. The highest BCUT2D eigenvalue weighted by atomic mass is 16.3. The second-order valence-electron chi connectivity index (χ2n) is 12.4. The molecule has 0 radical (unpaired) electrons. The minimum absolute atomic E-state index is 0.334. The Morgan fingerprint density at radius 2 is 1.14 bits per heavy atom. The molecule has 0 saturated heterocycles. The van der Waals surface area contributed by atoms with Gasteiger partial charge in [-0.05, 0) is 35.0 Å². The van der Waals surface area contributed by atoms with E-state index in [-0.39, 0.29) is 5.92 Å². The molecule has 0 bridgehead atoms. The van der Waals surface area contributed by atoms with E-state index in [0.29, 0.717) is 17.5 Å². The average molecular weight is 629 g/mol. The van der Waals surface area contributed by atoms with Gasteiger partial charge in [0, 0.05) is 44.6 Å². The zero-order valence-corrected chi connectivity index (χ0v) is 26.4. The maximum Gasteiger partial charge on any atom is 0.163 e. The number of nitrogens with zero attached hydrogens (tertiary/aromatic N) is 4. The summed E-state index contributed by atoms with van der Waals surface area (Å²) in [6, 6.07) is 50.3. The lowest BCUT2D eigenvalue weighted by Crippen LogP contribution is -2.12. The van der Waals surface area contributed by atoms with Crippen molar-refractivity contribution >= 4 is 61.4 Å². The van der Waals surface area contributed by atoms with Gasteiger partial charge in [-0.2, -0.15) is 0 Å². The molecule has 3 aromatic heterocycles. The molecule has 49 heavy (non-hydrogen) atoms. The van der Waals surface area contributed by atoms with Crippen molar-refractivity contribution in [2.75, 3.05) is 0 Å². The van der Waals surface area contributed by atoms with E-state index >= 15 is 0 Å².